The Balaban J connectivity index is 1.86. The summed E-state index contributed by atoms with van der Waals surface area (Å²) in [5, 5.41) is 8.11. The Kier molecular flexibility index (Phi) is 1.97. The first-order chi connectivity index (χ1) is 7.22. The molecule has 4 N–H and O–H groups in total. The van der Waals surface area contributed by atoms with Gasteiger partial charge in [0.1, 0.15) is 0 Å². The third-order valence-corrected chi connectivity index (χ3v) is 4.26. The highest BCUT2D eigenvalue weighted by Gasteiger charge is 2.46. The number of guanidine groups is 1. The van der Waals surface area contributed by atoms with E-state index in [1.807, 2.05) is 0 Å². The second-order valence-corrected chi connectivity index (χ2v) is 5.35. The molecule has 0 aromatic carbocycles. The molecule has 0 aliphatic heterocycles. The smallest absolute Gasteiger partial charge is 0.211 e. The van der Waals surface area contributed by atoms with Crippen molar-refractivity contribution in [2.24, 2.45) is 45.3 Å². The van der Waals surface area contributed by atoms with Crippen LogP contribution in [0.15, 0.2) is 10.2 Å². The summed E-state index contributed by atoms with van der Waals surface area (Å²) in [5.41, 5.74) is 11.9. The van der Waals surface area contributed by atoms with Gasteiger partial charge in [0, 0.05) is 5.71 Å². The second-order valence-electron chi connectivity index (χ2n) is 5.35. The quantitative estimate of drug-likeness (QED) is 0.382. The minimum absolute atomic E-state index is 0.0799. The molecule has 15 heavy (non-hydrogen) atoms. The summed E-state index contributed by atoms with van der Waals surface area (Å²) >= 11 is 0. The fourth-order valence-electron chi connectivity index (χ4n) is 3.95. The summed E-state index contributed by atoms with van der Waals surface area (Å²) in [6, 6.07) is 0. The van der Waals surface area contributed by atoms with Crippen molar-refractivity contribution in [2.75, 3.05) is 0 Å². The van der Waals surface area contributed by atoms with E-state index >= 15 is 0 Å². The Morgan fingerprint density at radius 3 is 1.93 bits per heavy atom. The number of rotatable bonds is 1. The Morgan fingerprint density at radius 2 is 1.47 bits per heavy atom. The van der Waals surface area contributed by atoms with E-state index in [9.17, 15) is 0 Å². The zero-order valence-corrected chi connectivity index (χ0v) is 8.89. The Hall–Kier alpha value is -1.06. The highest BCUT2D eigenvalue weighted by Crippen LogP contribution is 2.52. The molecular weight excluding hydrogens is 188 g/mol. The van der Waals surface area contributed by atoms with E-state index in [0.29, 0.717) is 11.8 Å². The average Bonchev–Trinajstić information content (AvgIpc) is 2.14. The molecule has 4 fully saturated rings. The normalized spacial score (nSPS) is 41.7. The van der Waals surface area contributed by atoms with Gasteiger partial charge in [0.25, 0.3) is 0 Å². The van der Waals surface area contributed by atoms with Gasteiger partial charge in [-0.05, 0) is 55.8 Å². The third kappa shape index (κ3) is 1.52. The molecule has 0 aromatic heterocycles. The van der Waals surface area contributed by atoms with Crippen molar-refractivity contribution in [1.82, 2.24) is 0 Å². The first-order valence-electron chi connectivity index (χ1n) is 5.88. The van der Waals surface area contributed by atoms with E-state index in [2.05, 4.69) is 10.2 Å². The largest absolute Gasteiger partial charge is 0.369 e. The molecule has 4 rings (SSSR count). The fraction of sp³-hybridized carbons (Fsp3) is 0.818. The molecular formula is C11H18N4. The predicted molar refractivity (Wildman–Crippen MR) is 60.3 cm³/mol. The van der Waals surface area contributed by atoms with E-state index in [4.69, 9.17) is 11.5 Å². The van der Waals surface area contributed by atoms with Gasteiger partial charge in [0.15, 0.2) is 0 Å². The fourth-order valence-corrected chi connectivity index (χ4v) is 3.95. The molecule has 4 saturated carbocycles. The number of hydrogen-bond acceptors (Lipinski definition) is 2. The van der Waals surface area contributed by atoms with Crippen LogP contribution in [0.5, 0.6) is 0 Å². The van der Waals surface area contributed by atoms with Crippen molar-refractivity contribution >= 4 is 11.7 Å². The Morgan fingerprint density at radius 1 is 0.933 bits per heavy atom. The molecule has 0 spiro atoms. The average molecular weight is 206 g/mol. The van der Waals surface area contributed by atoms with E-state index in [1.165, 1.54) is 37.8 Å². The highest BCUT2D eigenvalue weighted by atomic mass is 15.3. The van der Waals surface area contributed by atoms with E-state index in [0.717, 1.165) is 11.8 Å². The molecule has 0 amide bonds. The van der Waals surface area contributed by atoms with Crippen LogP contribution in [0.25, 0.3) is 0 Å². The van der Waals surface area contributed by atoms with Gasteiger partial charge in [0.2, 0.25) is 5.96 Å². The van der Waals surface area contributed by atoms with Crippen LogP contribution < -0.4 is 11.5 Å². The summed E-state index contributed by atoms with van der Waals surface area (Å²) in [7, 11) is 0. The van der Waals surface area contributed by atoms with Crippen LogP contribution in [0.2, 0.25) is 0 Å². The predicted octanol–water partition coefficient (Wildman–Crippen LogP) is 1.07. The van der Waals surface area contributed by atoms with Gasteiger partial charge in [-0.3, -0.25) is 0 Å². The minimum atomic E-state index is 0.0799. The second kappa shape index (κ2) is 3.22. The molecule has 4 bridgehead atoms. The van der Waals surface area contributed by atoms with Gasteiger partial charge >= 0.3 is 0 Å². The van der Waals surface area contributed by atoms with Crippen LogP contribution in [0.1, 0.15) is 32.1 Å². The summed E-state index contributed by atoms with van der Waals surface area (Å²) in [6.07, 6.45) is 6.76. The van der Waals surface area contributed by atoms with Gasteiger partial charge in [0.05, 0.1) is 0 Å². The zero-order chi connectivity index (χ0) is 10.4. The molecule has 0 heterocycles. The molecule has 4 aliphatic rings. The maximum Gasteiger partial charge on any atom is 0.211 e. The van der Waals surface area contributed by atoms with Crippen molar-refractivity contribution in [3.63, 3.8) is 0 Å². The molecule has 0 unspecified atom stereocenters. The number of hydrogen-bond donors (Lipinski definition) is 2. The highest BCUT2D eigenvalue weighted by molar-refractivity contribution is 5.91. The minimum Gasteiger partial charge on any atom is -0.369 e. The topological polar surface area (TPSA) is 76.8 Å². The molecule has 82 valence electrons. The maximum absolute atomic E-state index is 5.32. The summed E-state index contributed by atoms with van der Waals surface area (Å²) in [6.45, 7) is 0. The lowest BCUT2D eigenvalue weighted by atomic mass is 9.55. The molecule has 0 aromatic rings. The van der Waals surface area contributed by atoms with Crippen molar-refractivity contribution in [3.8, 4) is 0 Å². The Labute approximate surface area is 89.8 Å². The molecule has 4 heteroatoms. The number of nitrogens with zero attached hydrogens (tertiary/aromatic N) is 2. The zero-order valence-electron chi connectivity index (χ0n) is 8.89. The summed E-state index contributed by atoms with van der Waals surface area (Å²) in [4.78, 5) is 0. The third-order valence-electron chi connectivity index (χ3n) is 4.26. The molecule has 0 atom stereocenters. The van der Waals surface area contributed by atoms with E-state index < -0.39 is 0 Å². The summed E-state index contributed by atoms with van der Waals surface area (Å²) < 4.78 is 0. The van der Waals surface area contributed by atoms with Gasteiger partial charge in [-0.2, -0.15) is 5.10 Å². The Bertz CT molecular complexity index is 297. The van der Waals surface area contributed by atoms with Crippen LogP contribution in [0, 0.1) is 23.7 Å². The van der Waals surface area contributed by atoms with Crippen molar-refractivity contribution in [2.45, 2.75) is 32.1 Å². The van der Waals surface area contributed by atoms with Gasteiger partial charge in [-0.15, -0.1) is 5.10 Å². The van der Waals surface area contributed by atoms with E-state index in [1.54, 1.807) is 0 Å². The lowest BCUT2D eigenvalue weighted by molar-refractivity contribution is 0.108. The molecule has 0 radical (unpaired) electrons. The van der Waals surface area contributed by atoms with E-state index in [-0.39, 0.29) is 5.96 Å². The van der Waals surface area contributed by atoms with Crippen molar-refractivity contribution in [3.05, 3.63) is 0 Å². The van der Waals surface area contributed by atoms with Crippen molar-refractivity contribution < 1.29 is 0 Å². The van der Waals surface area contributed by atoms with Crippen LogP contribution in [-0.2, 0) is 0 Å². The lowest BCUT2D eigenvalue weighted by Crippen LogP contribution is -2.45. The first-order valence-corrected chi connectivity index (χ1v) is 5.88. The van der Waals surface area contributed by atoms with Crippen LogP contribution >= 0.6 is 0 Å². The first kappa shape index (κ1) is 9.19. The lowest BCUT2D eigenvalue weighted by Gasteiger charge is -2.50. The van der Waals surface area contributed by atoms with Crippen LogP contribution in [0.4, 0.5) is 0 Å². The van der Waals surface area contributed by atoms with Crippen LogP contribution in [-0.4, -0.2) is 11.7 Å². The SMILES string of the molecule is NC(N)=NN=C1C2CC3CC(C2)CC1C3. The van der Waals surface area contributed by atoms with Gasteiger partial charge < -0.3 is 11.5 Å². The summed E-state index contributed by atoms with van der Waals surface area (Å²) in [5.74, 6) is 3.38. The molecule has 4 aliphatic carbocycles. The maximum atomic E-state index is 5.32. The monoisotopic (exact) mass is 206 g/mol. The standard InChI is InChI=1S/C11H18N4/c12-11(13)15-14-10-8-2-6-1-7(4-8)5-9(10)3-6/h6-9H,1-5H2,(H4,12,13,15). The molecule has 0 saturated heterocycles. The number of nitrogens with two attached hydrogens (primary N) is 2. The van der Waals surface area contributed by atoms with Crippen LogP contribution in [0.3, 0.4) is 0 Å². The van der Waals surface area contributed by atoms with Gasteiger partial charge in [-0.25, -0.2) is 0 Å². The van der Waals surface area contributed by atoms with Gasteiger partial charge in [-0.1, -0.05) is 0 Å². The van der Waals surface area contributed by atoms with Crippen molar-refractivity contribution in [1.29, 1.82) is 0 Å². The molecule has 4 nitrogen and oxygen atoms in total.